The monoisotopic (exact) mass is 216 g/mol. The fourth-order valence-corrected chi connectivity index (χ4v) is 3.31. The maximum absolute atomic E-state index is 10.3. The van der Waals surface area contributed by atoms with E-state index in [-0.39, 0.29) is 5.60 Å². The number of fused-ring (bicyclic) bond motifs is 1. The third-order valence-electron chi connectivity index (χ3n) is 4.40. The molecule has 0 bridgehead atoms. The average molecular weight is 216 g/mol. The van der Waals surface area contributed by atoms with Gasteiger partial charge in [0.25, 0.3) is 0 Å². The van der Waals surface area contributed by atoms with Crippen molar-refractivity contribution in [1.29, 1.82) is 0 Å². The maximum atomic E-state index is 10.3. The lowest BCUT2D eigenvalue weighted by Crippen LogP contribution is -2.38. The summed E-state index contributed by atoms with van der Waals surface area (Å²) < 4.78 is 0. The molecular formula is C15H20O. The first kappa shape index (κ1) is 10.3. The normalized spacial score (nSPS) is 26.9. The van der Waals surface area contributed by atoms with E-state index >= 15 is 0 Å². The van der Waals surface area contributed by atoms with Gasteiger partial charge in [-0.2, -0.15) is 0 Å². The molecule has 2 aliphatic rings. The van der Waals surface area contributed by atoms with Crippen LogP contribution in [0.15, 0.2) is 24.3 Å². The zero-order chi connectivity index (χ0) is 11.0. The summed E-state index contributed by atoms with van der Waals surface area (Å²) in [5.74, 6) is 0.607. The number of aryl methyl sites for hydroxylation is 1. The summed E-state index contributed by atoms with van der Waals surface area (Å²) in [6.07, 6.45) is 8.02. The fraction of sp³-hybridized carbons (Fsp3) is 0.600. The Hall–Kier alpha value is -0.820. The third-order valence-corrected chi connectivity index (χ3v) is 4.40. The lowest BCUT2D eigenvalue weighted by molar-refractivity contribution is -0.0467. The van der Waals surface area contributed by atoms with Gasteiger partial charge in [-0.15, -0.1) is 0 Å². The molecule has 1 aromatic rings. The SMILES string of the molecule is OC1(CC2CCCc3ccccc32)CCC1. The van der Waals surface area contributed by atoms with E-state index in [1.807, 2.05) is 0 Å². The molecule has 0 aliphatic heterocycles. The van der Waals surface area contributed by atoms with E-state index in [1.54, 1.807) is 0 Å². The molecule has 2 aliphatic carbocycles. The summed E-state index contributed by atoms with van der Waals surface area (Å²) in [4.78, 5) is 0. The van der Waals surface area contributed by atoms with Gasteiger partial charge in [0.15, 0.2) is 0 Å². The molecule has 0 spiro atoms. The van der Waals surface area contributed by atoms with Gasteiger partial charge in [-0.25, -0.2) is 0 Å². The van der Waals surface area contributed by atoms with Crippen LogP contribution in [0.25, 0.3) is 0 Å². The van der Waals surface area contributed by atoms with Crippen LogP contribution in [0, 0.1) is 0 Å². The van der Waals surface area contributed by atoms with Crippen LogP contribution in [0.4, 0.5) is 0 Å². The van der Waals surface area contributed by atoms with Gasteiger partial charge in [0.1, 0.15) is 0 Å². The molecule has 1 fully saturated rings. The summed E-state index contributed by atoms with van der Waals surface area (Å²) in [6, 6.07) is 8.80. The van der Waals surface area contributed by atoms with Crippen molar-refractivity contribution < 1.29 is 5.11 Å². The van der Waals surface area contributed by atoms with Crippen molar-refractivity contribution >= 4 is 0 Å². The van der Waals surface area contributed by atoms with Gasteiger partial charge < -0.3 is 5.11 Å². The molecule has 86 valence electrons. The minimum absolute atomic E-state index is 0.324. The number of hydrogen-bond donors (Lipinski definition) is 1. The van der Waals surface area contributed by atoms with E-state index in [0.29, 0.717) is 5.92 Å². The highest BCUT2D eigenvalue weighted by molar-refractivity contribution is 5.33. The minimum atomic E-state index is -0.324. The molecule has 1 N–H and O–H groups in total. The van der Waals surface area contributed by atoms with Gasteiger partial charge >= 0.3 is 0 Å². The molecule has 1 nitrogen and oxygen atoms in total. The van der Waals surface area contributed by atoms with E-state index in [9.17, 15) is 5.11 Å². The zero-order valence-corrected chi connectivity index (χ0v) is 9.78. The standard InChI is InChI=1S/C15H20O/c16-15(9-4-10-15)11-13-7-3-6-12-5-1-2-8-14(12)13/h1-2,5,8,13,16H,3-4,6-7,9-11H2. The quantitative estimate of drug-likeness (QED) is 0.803. The molecule has 1 heteroatoms. The Labute approximate surface area is 97.5 Å². The average Bonchev–Trinajstić information content (AvgIpc) is 2.27. The van der Waals surface area contributed by atoms with Crippen LogP contribution in [0.3, 0.4) is 0 Å². The highest BCUT2D eigenvalue weighted by Crippen LogP contribution is 2.43. The van der Waals surface area contributed by atoms with Crippen molar-refractivity contribution in [2.45, 2.75) is 56.5 Å². The molecule has 1 atom stereocenters. The van der Waals surface area contributed by atoms with Gasteiger partial charge in [-0.1, -0.05) is 24.3 Å². The van der Waals surface area contributed by atoms with Crippen LogP contribution >= 0.6 is 0 Å². The highest BCUT2D eigenvalue weighted by Gasteiger charge is 2.37. The number of hydrogen-bond acceptors (Lipinski definition) is 1. The van der Waals surface area contributed by atoms with Gasteiger partial charge in [0.2, 0.25) is 0 Å². The lowest BCUT2D eigenvalue weighted by Gasteiger charge is -2.40. The summed E-state index contributed by atoms with van der Waals surface area (Å²) in [5.41, 5.74) is 2.70. The van der Waals surface area contributed by atoms with Crippen LogP contribution in [0.5, 0.6) is 0 Å². The van der Waals surface area contributed by atoms with E-state index in [2.05, 4.69) is 24.3 Å². The molecule has 1 aromatic carbocycles. The molecular weight excluding hydrogens is 196 g/mol. The van der Waals surface area contributed by atoms with Crippen molar-refractivity contribution in [3.63, 3.8) is 0 Å². The van der Waals surface area contributed by atoms with E-state index in [4.69, 9.17) is 0 Å². The van der Waals surface area contributed by atoms with Crippen LogP contribution in [0.1, 0.15) is 55.6 Å². The molecule has 0 amide bonds. The Morgan fingerprint density at radius 1 is 1.19 bits per heavy atom. The maximum Gasteiger partial charge on any atom is 0.0653 e. The minimum Gasteiger partial charge on any atom is -0.390 e. The summed E-state index contributed by atoms with van der Waals surface area (Å²) in [7, 11) is 0. The highest BCUT2D eigenvalue weighted by atomic mass is 16.3. The molecule has 1 saturated carbocycles. The predicted molar refractivity (Wildman–Crippen MR) is 65.5 cm³/mol. The first-order valence-corrected chi connectivity index (χ1v) is 6.57. The van der Waals surface area contributed by atoms with Crippen molar-refractivity contribution in [2.75, 3.05) is 0 Å². The van der Waals surface area contributed by atoms with Crippen molar-refractivity contribution in [2.24, 2.45) is 0 Å². The van der Waals surface area contributed by atoms with Crippen LogP contribution in [-0.4, -0.2) is 10.7 Å². The number of rotatable bonds is 2. The molecule has 0 radical (unpaired) electrons. The summed E-state index contributed by atoms with van der Waals surface area (Å²) >= 11 is 0. The Morgan fingerprint density at radius 2 is 2.00 bits per heavy atom. The van der Waals surface area contributed by atoms with Gasteiger partial charge in [0, 0.05) is 0 Å². The fourth-order valence-electron chi connectivity index (χ4n) is 3.31. The molecule has 1 unspecified atom stereocenters. The van der Waals surface area contributed by atoms with Crippen molar-refractivity contribution in [1.82, 2.24) is 0 Å². The topological polar surface area (TPSA) is 20.2 Å². The summed E-state index contributed by atoms with van der Waals surface area (Å²) in [6.45, 7) is 0. The molecule has 3 rings (SSSR count). The van der Waals surface area contributed by atoms with Crippen molar-refractivity contribution in [3.05, 3.63) is 35.4 Å². The Kier molecular flexibility index (Phi) is 2.51. The molecule has 0 saturated heterocycles. The second kappa shape index (κ2) is 3.89. The second-order valence-electron chi connectivity index (χ2n) is 5.57. The Balaban J connectivity index is 1.81. The van der Waals surface area contributed by atoms with Gasteiger partial charge in [-0.05, 0) is 62.0 Å². The van der Waals surface area contributed by atoms with Crippen LogP contribution < -0.4 is 0 Å². The predicted octanol–water partition coefficient (Wildman–Crippen LogP) is 3.41. The summed E-state index contributed by atoms with van der Waals surface area (Å²) in [5, 5.41) is 10.3. The molecule has 0 heterocycles. The number of aliphatic hydroxyl groups is 1. The third kappa shape index (κ3) is 1.78. The zero-order valence-electron chi connectivity index (χ0n) is 9.78. The van der Waals surface area contributed by atoms with Gasteiger partial charge in [-0.3, -0.25) is 0 Å². The lowest BCUT2D eigenvalue weighted by atomic mass is 9.70. The molecule has 0 aromatic heterocycles. The Bertz CT molecular complexity index is 379. The van der Waals surface area contributed by atoms with Crippen LogP contribution in [-0.2, 0) is 6.42 Å². The smallest absolute Gasteiger partial charge is 0.0653 e. The van der Waals surface area contributed by atoms with E-state index in [0.717, 1.165) is 19.3 Å². The first-order chi connectivity index (χ1) is 7.77. The number of benzene rings is 1. The largest absolute Gasteiger partial charge is 0.390 e. The van der Waals surface area contributed by atoms with E-state index < -0.39 is 0 Å². The first-order valence-electron chi connectivity index (χ1n) is 6.57. The van der Waals surface area contributed by atoms with E-state index in [1.165, 1.54) is 36.8 Å². The Morgan fingerprint density at radius 3 is 2.75 bits per heavy atom. The van der Waals surface area contributed by atoms with Crippen LogP contribution in [0.2, 0.25) is 0 Å². The molecule has 16 heavy (non-hydrogen) atoms. The second-order valence-corrected chi connectivity index (χ2v) is 5.57. The van der Waals surface area contributed by atoms with Crippen molar-refractivity contribution in [3.8, 4) is 0 Å². The van der Waals surface area contributed by atoms with Gasteiger partial charge in [0.05, 0.1) is 5.60 Å².